The van der Waals surface area contributed by atoms with Crippen molar-refractivity contribution in [3.05, 3.63) is 48.2 Å². The average Bonchev–Trinajstić information content (AvgIpc) is 2.73. The van der Waals surface area contributed by atoms with Gasteiger partial charge in [-0.1, -0.05) is 12.1 Å². The van der Waals surface area contributed by atoms with Crippen molar-refractivity contribution in [1.29, 1.82) is 0 Å². The highest BCUT2D eigenvalue weighted by Crippen LogP contribution is 2.23. The van der Waals surface area contributed by atoms with Gasteiger partial charge in [-0.25, -0.2) is 9.98 Å². The monoisotopic (exact) mass is 530 g/mol. The van der Waals surface area contributed by atoms with E-state index >= 15 is 0 Å². The fourth-order valence-corrected chi connectivity index (χ4v) is 2.93. The van der Waals surface area contributed by atoms with E-state index in [1.807, 2.05) is 48.2 Å². The van der Waals surface area contributed by atoms with Crippen LogP contribution in [0.15, 0.2) is 47.6 Å². The van der Waals surface area contributed by atoms with E-state index in [2.05, 4.69) is 33.8 Å². The van der Waals surface area contributed by atoms with Crippen molar-refractivity contribution in [2.24, 2.45) is 4.99 Å². The second kappa shape index (κ2) is 15.2. The van der Waals surface area contributed by atoms with E-state index in [9.17, 15) is 0 Å². The van der Waals surface area contributed by atoms with Gasteiger partial charge in [0, 0.05) is 31.4 Å². The molecule has 1 aromatic heterocycles. The summed E-state index contributed by atoms with van der Waals surface area (Å²) in [4.78, 5) is 9.00. The van der Waals surface area contributed by atoms with Crippen molar-refractivity contribution < 1.29 is 9.47 Å². The van der Waals surface area contributed by atoms with Gasteiger partial charge in [0.05, 0.1) is 13.7 Å². The third-order valence-corrected chi connectivity index (χ3v) is 4.59. The van der Waals surface area contributed by atoms with E-state index < -0.39 is 0 Å². The molecule has 0 saturated carbocycles. The molecule has 0 fully saturated rings. The predicted octanol–water partition coefficient (Wildman–Crippen LogP) is 4.70. The average molecular weight is 530 g/mol. The minimum absolute atomic E-state index is 0. The molecule has 6 nitrogen and oxygen atoms in total. The van der Waals surface area contributed by atoms with Gasteiger partial charge in [-0.2, -0.15) is 11.8 Å². The van der Waals surface area contributed by atoms with Crippen LogP contribution in [-0.2, 0) is 6.54 Å². The Labute approximate surface area is 195 Å². The van der Waals surface area contributed by atoms with Gasteiger partial charge in [-0.15, -0.1) is 24.0 Å². The maximum Gasteiger partial charge on any atom is 0.219 e. The maximum absolute atomic E-state index is 5.77. The minimum atomic E-state index is 0. The summed E-state index contributed by atoms with van der Waals surface area (Å²) >= 11 is 1.88. The molecule has 2 N–H and O–H groups in total. The maximum atomic E-state index is 5.77. The van der Waals surface area contributed by atoms with Crippen molar-refractivity contribution in [1.82, 2.24) is 15.6 Å². The summed E-state index contributed by atoms with van der Waals surface area (Å²) in [5.41, 5.74) is 1.03. The van der Waals surface area contributed by atoms with Crippen LogP contribution in [0.3, 0.4) is 0 Å². The van der Waals surface area contributed by atoms with E-state index in [4.69, 9.17) is 9.47 Å². The number of ether oxygens (including phenoxy) is 2. The first-order chi connectivity index (χ1) is 13.7. The molecule has 2 rings (SSSR count). The van der Waals surface area contributed by atoms with Crippen molar-refractivity contribution in [3.63, 3.8) is 0 Å². The zero-order valence-electron chi connectivity index (χ0n) is 17.3. The molecule has 29 heavy (non-hydrogen) atoms. The van der Waals surface area contributed by atoms with Gasteiger partial charge < -0.3 is 20.1 Å². The van der Waals surface area contributed by atoms with Crippen molar-refractivity contribution in [2.45, 2.75) is 26.3 Å². The van der Waals surface area contributed by atoms with Crippen molar-refractivity contribution >= 4 is 41.7 Å². The smallest absolute Gasteiger partial charge is 0.219 e. The van der Waals surface area contributed by atoms with Crippen LogP contribution >= 0.6 is 35.7 Å². The van der Waals surface area contributed by atoms with Crippen molar-refractivity contribution in [2.75, 3.05) is 32.2 Å². The molecule has 0 aliphatic carbocycles. The van der Waals surface area contributed by atoms with Gasteiger partial charge in [0.25, 0.3) is 0 Å². The summed E-state index contributed by atoms with van der Waals surface area (Å²) in [6, 6.07) is 11.3. The molecule has 0 spiro atoms. The molecule has 0 unspecified atom stereocenters. The highest BCUT2D eigenvalue weighted by Gasteiger charge is 2.02. The number of methoxy groups -OCH3 is 1. The van der Waals surface area contributed by atoms with Crippen LogP contribution in [0.5, 0.6) is 17.4 Å². The third-order valence-electron chi connectivity index (χ3n) is 3.89. The number of nitrogens with zero attached hydrogens (tertiary/aromatic N) is 2. The molecule has 0 radical (unpaired) electrons. The first-order valence-corrected chi connectivity index (χ1v) is 10.9. The van der Waals surface area contributed by atoms with Gasteiger partial charge in [0.15, 0.2) is 5.96 Å². The topological polar surface area (TPSA) is 67.8 Å². The quantitative estimate of drug-likeness (QED) is 0.190. The van der Waals surface area contributed by atoms with Gasteiger partial charge in [0.1, 0.15) is 11.5 Å². The van der Waals surface area contributed by atoms with E-state index in [1.54, 1.807) is 13.3 Å². The van der Waals surface area contributed by atoms with E-state index in [1.165, 1.54) is 12.2 Å². The number of rotatable bonds is 11. The molecule has 0 bridgehead atoms. The Balaban J connectivity index is 0.00000420. The number of aliphatic imine (C=N–C) groups is 1. The Kier molecular flexibility index (Phi) is 13.3. The van der Waals surface area contributed by atoms with Crippen LogP contribution < -0.4 is 20.1 Å². The second-order valence-corrected chi connectivity index (χ2v) is 7.09. The molecular formula is C21H31IN4O2S. The molecule has 0 amide bonds. The van der Waals surface area contributed by atoms with E-state index in [0.29, 0.717) is 18.2 Å². The van der Waals surface area contributed by atoms with Gasteiger partial charge >= 0.3 is 0 Å². The Morgan fingerprint density at radius 3 is 2.66 bits per heavy atom. The standard InChI is InChI=1S/C21H30N4O2S.HI/c1-4-22-21(23-12-5-6-13-28-3)25-16-17-10-11-20(24-15-17)27-19-9-7-8-18(14-19)26-2;/h7-11,14-15H,4-6,12-13,16H2,1-3H3,(H2,22,23,25);1H. The number of aromatic nitrogens is 1. The highest BCUT2D eigenvalue weighted by atomic mass is 127. The third kappa shape index (κ3) is 10.1. The minimum Gasteiger partial charge on any atom is -0.497 e. The van der Waals surface area contributed by atoms with E-state index in [0.717, 1.165) is 36.8 Å². The lowest BCUT2D eigenvalue weighted by Gasteiger charge is -2.11. The van der Waals surface area contributed by atoms with Gasteiger partial charge in [-0.05, 0) is 49.5 Å². The lowest BCUT2D eigenvalue weighted by Crippen LogP contribution is -2.37. The molecule has 2 aromatic rings. The molecule has 1 heterocycles. The number of unbranched alkanes of at least 4 members (excludes halogenated alkanes) is 1. The molecule has 0 atom stereocenters. The fourth-order valence-electron chi connectivity index (χ4n) is 2.44. The summed E-state index contributed by atoms with van der Waals surface area (Å²) in [5.74, 6) is 4.02. The summed E-state index contributed by atoms with van der Waals surface area (Å²) in [6.07, 6.45) is 6.29. The number of guanidine groups is 1. The highest BCUT2D eigenvalue weighted by molar-refractivity contribution is 14.0. The van der Waals surface area contributed by atoms with Crippen molar-refractivity contribution in [3.8, 4) is 17.4 Å². The lowest BCUT2D eigenvalue weighted by molar-refractivity contribution is 0.407. The molecule has 0 aliphatic rings. The molecule has 0 saturated heterocycles. The summed E-state index contributed by atoms with van der Waals surface area (Å²) < 4.78 is 11.0. The Morgan fingerprint density at radius 2 is 1.97 bits per heavy atom. The first-order valence-electron chi connectivity index (χ1n) is 9.53. The Bertz CT molecular complexity index is 729. The SMILES string of the molecule is CCNC(=NCc1ccc(Oc2cccc(OC)c2)nc1)NCCCCSC.I. The number of thioether (sulfide) groups is 1. The lowest BCUT2D eigenvalue weighted by atomic mass is 10.3. The molecule has 1 aromatic carbocycles. The zero-order chi connectivity index (χ0) is 20.0. The summed E-state index contributed by atoms with van der Waals surface area (Å²) in [7, 11) is 1.63. The van der Waals surface area contributed by atoms with Crippen LogP contribution in [0.4, 0.5) is 0 Å². The van der Waals surface area contributed by atoms with Crippen LogP contribution in [-0.4, -0.2) is 43.2 Å². The van der Waals surface area contributed by atoms with Crippen LogP contribution in [0, 0.1) is 0 Å². The molecule has 160 valence electrons. The first kappa shape index (κ1) is 25.4. The summed E-state index contributed by atoms with van der Waals surface area (Å²) in [6.45, 7) is 4.39. The largest absolute Gasteiger partial charge is 0.497 e. The zero-order valence-corrected chi connectivity index (χ0v) is 20.5. The number of nitrogens with one attached hydrogen (secondary N) is 2. The molecule has 8 heteroatoms. The number of hydrogen-bond donors (Lipinski definition) is 2. The van der Waals surface area contributed by atoms with Gasteiger partial charge in [-0.3, -0.25) is 0 Å². The summed E-state index contributed by atoms with van der Waals surface area (Å²) in [5, 5.41) is 6.65. The normalized spacial score (nSPS) is 10.8. The second-order valence-electron chi connectivity index (χ2n) is 6.11. The van der Waals surface area contributed by atoms with Crippen LogP contribution in [0.2, 0.25) is 0 Å². The number of pyridine rings is 1. The van der Waals surface area contributed by atoms with Crippen LogP contribution in [0.25, 0.3) is 0 Å². The fraction of sp³-hybridized carbons (Fsp3) is 0.429. The van der Waals surface area contributed by atoms with E-state index in [-0.39, 0.29) is 24.0 Å². The predicted molar refractivity (Wildman–Crippen MR) is 133 cm³/mol. The molecule has 0 aliphatic heterocycles. The molecular weight excluding hydrogens is 499 g/mol. The van der Waals surface area contributed by atoms with Gasteiger partial charge in [0.2, 0.25) is 5.88 Å². The number of hydrogen-bond acceptors (Lipinski definition) is 5. The Morgan fingerprint density at radius 1 is 1.14 bits per heavy atom. The number of benzene rings is 1. The van der Waals surface area contributed by atoms with Crippen LogP contribution in [0.1, 0.15) is 25.3 Å². The number of halogens is 1. The Hall–Kier alpha value is -1.68.